The Morgan fingerprint density at radius 1 is 0.973 bits per heavy atom. The minimum absolute atomic E-state index is 0.0694. The van der Waals surface area contributed by atoms with Crippen LogP contribution in [0.3, 0.4) is 0 Å². The highest BCUT2D eigenvalue weighted by Crippen LogP contribution is 2.44. The highest BCUT2D eigenvalue weighted by atomic mass is 35.5. The normalized spacial score (nSPS) is 16.7. The second-order valence-corrected chi connectivity index (χ2v) is 8.81. The fraction of sp³-hybridized carbons (Fsp3) is 0.241. The summed E-state index contributed by atoms with van der Waals surface area (Å²) in [6.07, 6.45) is 0. The average molecular weight is 522 g/mol. The highest BCUT2D eigenvalue weighted by Gasteiger charge is 2.47. The van der Waals surface area contributed by atoms with Crippen LogP contribution in [0, 0.1) is 6.92 Å². The molecule has 7 nitrogen and oxygen atoms in total. The summed E-state index contributed by atoms with van der Waals surface area (Å²) < 4.78 is 16.7. The summed E-state index contributed by atoms with van der Waals surface area (Å²) in [5.74, 6) is -0.516. The maximum absolute atomic E-state index is 13.5. The van der Waals surface area contributed by atoms with E-state index in [2.05, 4.69) is 0 Å². The number of aliphatic hydroxyl groups excluding tert-OH is 1. The zero-order chi connectivity index (χ0) is 26.7. The summed E-state index contributed by atoms with van der Waals surface area (Å²) in [5, 5.41) is 12.0. The minimum Gasteiger partial charge on any atom is -0.507 e. The van der Waals surface area contributed by atoms with Crippen molar-refractivity contribution in [2.24, 2.45) is 0 Å². The molecular formula is C29H28ClNO6. The van der Waals surface area contributed by atoms with Crippen LogP contribution in [0.4, 0.5) is 5.69 Å². The van der Waals surface area contributed by atoms with Crippen molar-refractivity contribution in [3.63, 3.8) is 0 Å². The zero-order valence-electron chi connectivity index (χ0n) is 21.1. The molecule has 1 aliphatic rings. The van der Waals surface area contributed by atoms with Gasteiger partial charge in [0.25, 0.3) is 11.7 Å². The molecular weight excluding hydrogens is 494 g/mol. The van der Waals surface area contributed by atoms with Gasteiger partial charge in [-0.15, -0.1) is 0 Å². The van der Waals surface area contributed by atoms with E-state index in [9.17, 15) is 14.7 Å². The summed E-state index contributed by atoms with van der Waals surface area (Å²) in [6, 6.07) is 16.2. The number of anilines is 1. The molecule has 1 amide bonds. The van der Waals surface area contributed by atoms with Crippen molar-refractivity contribution in [3.05, 3.63) is 87.9 Å². The molecule has 0 aliphatic carbocycles. The Morgan fingerprint density at radius 3 is 2.41 bits per heavy atom. The van der Waals surface area contributed by atoms with E-state index < -0.39 is 17.7 Å². The number of nitrogens with zero attached hydrogens (tertiary/aromatic N) is 1. The molecule has 0 radical (unpaired) electrons. The summed E-state index contributed by atoms with van der Waals surface area (Å²) in [5.41, 5.74) is 2.05. The molecule has 1 fully saturated rings. The molecule has 1 aliphatic heterocycles. The van der Waals surface area contributed by atoms with Crippen molar-refractivity contribution < 1.29 is 28.9 Å². The van der Waals surface area contributed by atoms with Crippen molar-refractivity contribution in [2.45, 2.75) is 26.8 Å². The van der Waals surface area contributed by atoms with E-state index >= 15 is 0 Å². The van der Waals surface area contributed by atoms with Crippen LogP contribution in [-0.4, -0.2) is 37.1 Å². The smallest absolute Gasteiger partial charge is 0.300 e. The molecule has 1 atom stereocenters. The lowest BCUT2D eigenvalue weighted by atomic mass is 9.94. The molecule has 1 heterocycles. The maximum Gasteiger partial charge on any atom is 0.300 e. The summed E-state index contributed by atoms with van der Waals surface area (Å²) in [6.45, 7) is 6.30. The number of ketones is 1. The van der Waals surface area contributed by atoms with Gasteiger partial charge in [-0.2, -0.15) is 0 Å². The highest BCUT2D eigenvalue weighted by molar-refractivity contribution is 6.52. The van der Waals surface area contributed by atoms with Crippen LogP contribution in [0.15, 0.2) is 66.2 Å². The number of benzene rings is 3. The first-order valence-electron chi connectivity index (χ1n) is 11.9. The molecule has 4 rings (SSSR count). The molecule has 0 bridgehead atoms. The second-order valence-electron chi connectivity index (χ2n) is 8.40. The van der Waals surface area contributed by atoms with E-state index in [0.717, 1.165) is 5.56 Å². The van der Waals surface area contributed by atoms with Crippen LogP contribution < -0.4 is 19.1 Å². The molecule has 1 unspecified atom stereocenters. The number of methoxy groups -OCH3 is 1. The van der Waals surface area contributed by atoms with Gasteiger partial charge >= 0.3 is 0 Å². The van der Waals surface area contributed by atoms with Crippen LogP contribution in [0.2, 0.25) is 5.02 Å². The van der Waals surface area contributed by atoms with Gasteiger partial charge < -0.3 is 19.3 Å². The van der Waals surface area contributed by atoms with Crippen molar-refractivity contribution in [1.29, 1.82) is 0 Å². The van der Waals surface area contributed by atoms with Gasteiger partial charge in [-0.1, -0.05) is 29.8 Å². The van der Waals surface area contributed by atoms with Crippen LogP contribution in [0.1, 0.15) is 36.6 Å². The lowest BCUT2D eigenvalue weighted by molar-refractivity contribution is -0.132. The number of aryl methyl sites for hydroxylation is 1. The summed E-state index contributed by atoms with van der Waals surface area (Å²) >= 11 is 6.38. The Labute approximate surface area is 220 Å². The number of carbonyl (C=O) groups excluding carboxylic acids is 2. The SMILES string of the molecule is CCOc1ccc(/C(O)=C2/C(=O)C(=O)N(c3ccc(C)c(Cl)c3)C2c2cccc(OC)c2)c(OCC)c1. The minimum atomic E-state index is -0.935. The first-order chi connectivity index (χ1) is 17.8. The standard InChI is InChI=1S/C29H28ClNO6/c1-5-36-21-12-13-22(24(16-21)37-6-2)27(32)25-26(18-8-7-9-20(14-18)35-4)31(29(34)28(25)33)19-11-10-17(3)23(30)15-19/h7-16,26,32H,5-6H2,1-4H3/b27-25-. The Bertz CT molecular complexity index is 1380. The average Bonchev–Trinajstić information content (AvgIpc) is 3.16. The first kappa shape index (κ1) is 26.1. The zero-order valence-corrected chi connectivity index (χ0v) is 21.8. The van der Waals surface area contributed by atoms with E-state index in [1.54, 1.807) is 60.7 Å². The van der Waals surface area contributed by atoms with E-state index in [-0.39, 0.29) is 16.9 Å². The van der Waals surface area contributed by atoms with Crippen molar-refractivity contribution >= 4 is 34.7 Å². The van der Waals surface area contributed by atoms with E-state index in [0.29, 0.717) is 46.7 Å². The van der Waals surface area contributed by atoms with E-state index in [1.807, 2.05) is 20.8 Å². The van der Waals surface area contributed by atoms with Gasteiger partial charge in [0.2, 0.25) is 0 Å². The second kappa shape index (κ2) is 11.0. The topological polar surface area (TPSA) is 85.3 Å². The molecule has 1 N–H and O–H groups in total. The quantitative estimate of drug-likeness (QED) is 0.220. The Kier molecular flexibility index (Phi) is 7.74. The van der Waals surface area contributed by atoms with Gasteiger partial charge in [-0.25, -0.2) is 0 Å². The number of rotatable bonds is 8. The number of amides is 1. The lowest BCUT2D eigenvalue weighted by Crippen LogP contribution is -2.29. The van der Waals surface area contributed by atoms with Gasteiger partial charge in [0, 0.05) is 16.8 Å². The summed E-state index contributed by atoms with van der Waals surface area (Å²) in [4.78, 5) is 28.3. The molecule has 1 saturated heterocycles. The van der Waals surface area contributed by atoms with Crippen molar-refractivity contribution in [3.8, 4) is 17.2 Å². The Hall–Kier alpha value is -3.97. The van der Waals surface area contributed by atoms with Gasteiger partial charge in [0.1, 0.15) is 23.0 Å². The third kappa shape index (κ3) is 5.00. The largest absolute Gasteiger partial charge is 0.507 e. The number of aliphatic hydroxyl groups is 1. The Balaban J connectivity index is 1.96. The van der Waals surface area contributed by atoms with Crippen molar-refractivity contribution in [2.75, 3.05) is 25.2 Å². The van der Waals surface area contributed by atoms with E-state index in [1.165, 1.54) is 12.0 Å². The van der Waals surface area contributed by atoms with Crippen LogP contribution in [0.5, 0.6) is 17.2 Å². The molecule has 3 aromatic carbocycles. The van der Waals surface area contributed by atoms with Crippen LogP contribution in [0.25, 0.3) is 5.76 Å². The molecule has 8 heteroatoms. The molecule has 192 valence electrons. The number of halogens is 1. The first-order valence-corrected chi connectivity index (χ1v) is 12.3. The van der Waals surface area contributed by atoms with Gasteiger partial charge in [-0.3, -0.25) is 14.5 Å². The monoisotopic (exact) mass is 521 g/mol. The molecule has 3 aromatic rings. The van der Waals surface area contributed by atoms with Crippen LogP contribution in [-0.2, 0) is 9.59 Å². The molecule has 37 heavy (non-hydrogen) atoms. The number of Topliss-reactive ketones (excluding diaryl/α,β-unsaturated/α-hetero) is 1. The van der Waals surface area contributed by atoms with Gasteiger partial charge in [0.15, 0.2) is 0 Å². The number of hydrogen-bond acceptors (Lipinski definition) is 6. The maximum atomic E-state index is 13.5. The van der Waals surface area contributed by atoms with Gasteiger partial charge in [-0.05, 0) is 68.3 Å². The van der Waals surface area contributed by atoms with Crippen LogP contribution >= 0.6 is 11.6 Å². The predicted molar refractivity (Wildman–Crippen MR) is 143 cm³/mol. The van der Waals surface area contributed by atoms with Gasteiger partial charge in [0.05, 0.1) is 37.5 Å². The number of ether oxygens (including phenoxy) is 3. The Morgan fingerprint density at radius 2 is 1.73 bits per heavy atom. The molecule has 0 saturated carbocycles. The number of carbonyl (C=O) groups is 2. The third-order valence-corrected chi connectivity index (χ3v) is 6.51. The third-order valence-electron chi connectivity index (χ3n) is 6.11. The summed E-state index contributed by atoms with van der Waals surface area (Å²) in [7, 11) is 1.53. The lowest BCUT2D eigenvalue weighted by Gasteiger charge is -2.26. The predicted octanol–water partition coefficient (Wildman–Crippen LogP) is 6.08. The molecule has 0 spiro atoms. The molecule has 0 aromatic heterocycles. The van der Waals surface area contributed by atoms with Crippen molar-refractivity contribution in [1.82, 2.24) is 0 Å². The van der Waals surface area contributed by atoms with E-state index in [4.69, 9.17) is 25.8 Å². The number of hydrogen-bond donors (Lipinski definition) is 1. The fourth-order valence-corrected chi connectivity index (χ4v) is 4.51. The fourth-order valence-electron chi connectivity index (χ4n) is 4.33.